The molecule has 4 heteroatoms. The lowest BCUT2D eigenvalue weighted by Gasteiger charge is -2.32. The van der Waals surface area contributed by atoms with Crippen LogP contribution in [0.1, 0.15) is 44.9 Å². The van der Waals surface area contributed by atoms with E-state index in [-0.39, 0.29) is 0 Å². The van der Waals surface area contributed by atoms with E-state index in [0.29, 0.717) is 5.91 Å². The van der Waals surface area contributed by atoms with Crippen molar-refractivity contribution in [1.29, 1.82) is 0 Å². The standard InChI is InChI=1S/C16H30N2OS/c1-20-13-5-10-17-9-4-6-15(14-17)7-8-16(19)18-11-2-3-12-18/h15H,2-14H2,1H3. The molecular weight excluding hydrogens is 268 g/mol. The first-order valence-corrected chi connectivity index (χ1v) is 9.68. The molecule has 1 atom stereocenters. The molecule has 0 N–H and O–H groups in total. The van der Waals surface area contributed by atoms with Gasteiger partial charge in [-0.3, -0.25) is 4.79 Å². The molecule has 2 aliphatic rings. The van der Waals surface area contributed by atoms with Gasteiger partial charge >= 0.3 is 0 Å². The lowest BCUT2D eigenvalue weighted by molar-refractivity contribution is -0.130. The third-order valence-electron chi connectivity index (χ3n) is 4.65. The van der Waals surface area contributed by atoms with Gasteiger partial charge < -0.3 is 9.80 Å². The summed E-state index contributed by atoms with van der Waals surface area (Å²) in [5.41, 5.74) is 0. The molecule has 0 aromatic rings. The number of nitrogens with zero attached hydrogens (tertiary/aromatic N) is 2. The van der Waals surface area contributed by atoms with Crippen LogP contribution in [0.4, 0.5) is 0 Å². The minimum atomic E-state index is 0.405. The van der Waals surface area contributed by atoms with Gasteiger partial charge in [-0.05, 0) is 69.5 Å². The van der Waals surface area contributed by atoms with E-state index in [1.807, 2.05) is 11.8 Å². The van der Waals surface area contributed by atoms with Crippen molar-refractivity contribution >= 4 is 17.7 Å². The molecule has 2 rings (SSSR count). The Morgan fingerprint density at radius 1 is 1.20 bits per heavy atom. The predicted molar refractivity (Wildman–Crippen MR) is 87.2 cm³/mol. The van der Waals surface area contributed by atoms with Crippen LogP contribution in [0.3, 0.4) is 0 Å². The topological polar surface area (TPSA) is 23.6 Å². The molecular formula is C16H30N2OS. The van der Waals surface area contributed by atoms with Crippen molar-refractivity contribution in [2.24, 2.45) is 5.92 Å². The van der Waals surface area contributed by atoms with Gasteiger partial charge in [0.2, 0.25) is 5.91 Å². The van der Waals surface area contributed by atoms with Gasteiger partial charge in [0, 0.05) is 26.1 Å². The van der Waals surface area contributed by atoms with Crippen molar-refractivity contribution < 1.29 is 4.79 Å². The van der Waals surface area contributed by atoms with E-state index in [2.05, 4.69) is 16.1 Å². The normalized spacial score (nSPS) is 24.2. The molecule has 1 unspecified atom stereocenters. The van der Waals surface area contributed by atoms with Gasteiger partial charge in [-0.2, -0.15) is 11.8 Å². The zero-order chi connectivity index (χ0) is 14.2. The van der Waals surface area contributed by atoms with Crippen molar-refractivity contribution in [2.75, 3.05) is 44.7 Å². The third kappa shape index (κ3) is 5.28. The third-order valence-corrected chi connectivity index (χ3v) is 5.35. The highest BCUT2D eigenvalue weighted by Gasteiger charge is 2.22. The highest BCUT2D eigenvalue weighted by Crippen LogP contribution is 2.22. The lowest BCUT2D eigenvalue weighted by atomic mass is 9.93. The molecule has 3 nitrogen and oxygen atoms in total. The van der Waals surface area contributed by atoms with Gasteiger partial charge in [-0.1, -0.05) is 0 Å². The molecule has 2 fully saturated rings. The first-order valence-electron chi connectivity index (χ1n) is 8.28. The number of likely N-dealkylation sites (tertiary alicyclic amines) is 2. The molecule has 20 heavy (non-hydrogen) atoms. The molecule has 0 aromatic heterocycles. The van der Waals surface area contributed by atoms with Crippen LogP contribution < -0.4 is 0 Å². The Bertz CT molecular complexity index is 292. The zero-order valence-corrected chi connectivity index (χ0v) is 13.8. The molecule has 0 aliphatic carbocycles. The van der Waals surface area contributed by atoms with E-state index >= 15 is 0 Å². The summed E-state index contributed by atoms with van der Waals surface area (Å²) < 4.78 is 0. The van der Waals surface area contributed by atoms with E-state index < -0.39 is 0 Å². The molecule has 0 spiro atoms. The maximum absolute atomic E-state index is 12.1. The summed E-state index contributed by atoms with van der Waals surface area (Å²) in [6.45, 7) is 5.75. The summed E-state index contributed by atoms with van der Waals surface area (Å²) in [5.74, 6) is 2.43. The Balaban J connectivity index is 1.63. The first kappa shape index (κ1) is 16.2. The van der Waals surface area contributed by atoms with Gasteiger partial charge in [0.25, 0.3) is 0 Å². The molecule has 0 saturated carbocycles. The zero-order valence-electron chi connectivity index (χ0n) is 13.0. The minimum Gasteiger partial charge on any atom is -0.343 e. The van der Waals surface area contributed by atoms with E-state index in [0.717, 1.165) is 31.8 Å². The highest BCUT2D eigenvalue weighted by atomic mass is 32.2. The van der Waals surface area contributed by atoms with Crippen molar-refractivity contribution in [3.63, 3.8) is 0 Å². The maximum atomic E-state index is 12.1. The van der Waals surface area contributed by atoms with E-state index in [4.69, 9.17) is 0 Å². The molecule has 1 amide bonds. The van der Waals surface area contributed by atoms with E-state index in [9.17, 15) is 4.79 Å². The lowest BCUT2D eigenvalue weighted by Crippen LogP contribution is -2.37. The smallest absolute Gasteiger partial charge is 0.222 e. The number of thioether (sulfide) groups is 1. The Morgan fingerprint density at radius 3 is 2.75 bits per heavy atom. The Hall–Kier alpha value is -0.220. The molecule has 0 radical (unpaired) electrons. The summed E-state index contributed by atoms with van der Waals surface area (Å²) in [6.07, 6.45) is 10.4. The average molecular weight is 298 g/mol. The highest BCUT2D eigenvalue weighted by molar-refractivity contribution is 7.98. The Kier molecular flexibility index (Phi) is 7.22. The number of hydrogen-bond acceptors (Lipinski definition) is 3. The minimum absolute atomic E-state index is 0.405. The molecule has 116 valence electrons. The van der Waals surface area contributed by atoms with Crippen molar-refractivity contribution in [1.82, 2.24) is 9.80 Å². The molecule has 2 heterocycles. The summed E-state index contributed by atoms with van der Waals surface area (Å²) in [4.78, 5) is 16.8. The number of rotatable bonds is 7. The second-order valence-electron chi connectivity index (χ2n) is 6.28. The number of carbonyl (C=O) groups is 1. The fourth-order valence-electron chi connectivity index (χ4n) is 3.47. The Morgan fingerprint density at radius 2 is 2.00 bits per heavy atom. The number of hydrogen-bond donors (Lipinski definition) is 0. The van der Waals surface area contributed by atoms with Gasteiger partial charge in [0.1, 0.15) is 0 Å². The van der Waals surface area contributed by atoms with Crippen molar-refractivity contribution in [3.05, 3.63) is 0 Å². The molecule has 2 aliphatic heterocycles. The van der Waals surface area contributed by atoms with Gasteiger partial charge in [-0.15, -0.1) is 0 Å². The Labute approximate surface area is 128 Å². The summed E-state index contributed by atoms with van der Waals surface area (Å²) in [7, 11) is 0. The SMILES string of the molecule is CSCCCN1CCCC(CCC(=O)N2CCCC2)C1. The number of piperidine rings is 1. The van der Waals surface area contributed by atoms with Crippen LogP contribution in [-0.2, 0) is 4.79 Å². The van der Waals surface area contributed by atoms with Crippen LogP contribution in [0.25, 0.3) is 0 Å². The average Bonchev–Trinajstić information content (AvgIpc) is 3.00. The van der Waals surface area contributed by atoms with Crippen LogP contribution in [0.15, 0.2) is 0 Å². The van der Waals surface area contributed by atoms with Crippen LogP contribution in [0, 0.1) is 5.92 Å². The summed E-state index contributed by atoms with van der Waals surface area (Å²) in [5, 5.41) is 0. The molecule has 0 aromatic carbocycles. The van der Waals surface area contributed by atoms with Gasteiger partial charge in [-0.25, -0.2) is 0 Å². The number of amides is 1. The van der Waals surface area contributed by atoms with Crippen LogP contribution in [-0.4, -0.2) is 60.4 Å². The summed E-state index contributed by atoms with van der Waals surface area (Å²) in [6, 6.07) is 0. The largest absolute Gasteiger partial charge is 0.343 e. The van der Waals surface area contributed by atoms with Crippen LogP contribution in [0.5, 0.6) is 0 Å². The molecule has 0 bridgehead atoms. The number of carbonyl (C=O) groups excluding carboxylic acids is 1. The second-order valence-corrected chi connectivity index (χ2v) is 7.27. The summed E-state index contributed by atoms with van der Waals surface area (Å²) >= 11 is 1.94. The van der Waals surface area contributed by atoms with Crippen LogP contribution in [0.2, 0.25) is 0 Å². The quantitative estimate of drug-likeness (QED) is 0.675. The van der Waals surface area contributed by atoms with Crippen molar-refractivity contribution in [2.45, 2.75) is 44.9 Å². The van der Waals surface area contributed by atoms with Crippen LogP contribution >= 0.6 is 11.8 Å². The predicted octanol–water partition coefficient (Wildman–Crippen LogP) is 2.85. The van der Waals surface area contributed by atoms with Crippen molar-refractivity contribution in [3.8, 4) is 0 Å². The van der Waals surface area contributed by atoms with Gasteiger partial charge in [0.05, 0.1) is 0 Å². The first-order chi connectivity index (χ1) is 9.79. The van der Waals surface area contributed by atoms with E-state index in [1.54, 1.807) is 0 Å². The second kappa shape index (κ2) is 8.93. The van der Waals surface area contributed by atoms with E-state index in [1.165, 1.54) is 57.5 Å². The maximum Gasteiger partial charge on any atom is 0.222 e. The fourth-order valence-corrected chi connectivity index (χ4v) is 3.89. The molecule has 2 saturated heterocycles. The monoisotopic (exact) mass is 298 g/mol. The fraction of sp³-hybridized carbons (Fsp3) is 0.938. The van der Waals surface area contributed by atoms with Gasteiger partial charge in [0.15, 0.2) is 0 Å².